The number of halogens is 1. The van der Waals surface area contributed by atoms with Gasteiger partial charge in [0.1, 0.15) is 11.8 Å². The minimum atomic E-state index is -3.85. The van der Waals surface area contributed by atoms with Crippen LogP contribution in [0.4, 0.5) is 5.82 Å². The number of hydrogen-bond acceptors (Lipinski definition) is 7. The second-order valence-corrected chi connectivity index (χ2v) is 12.9. The zero-order valence-electron chi connectivity index (χ0n) is 24.0. The van der Waals surface area contributed by atoms with Gasteiger partial charge >= 0.3 is 0 Å². The van der Waals surface area contributed by atoms with Crippen LogP contribution in [0.25, 0.3) is 22.5 Å². The van der Waals surface area contributed by atoms with Crippen molar-refractivity contribution >= 4 is 33.3 Å². The summed E-state index contributed by atoms with van der Waals surface area (Å²) in [4.78, 5) is 24.6. The third-order valence-electron chi connectivity index (χ3n) is 7.52. The number of sulfonamides is 1. The Kier molecular flexibility index (Phi) is 9.75. The highest BCUT2D eigenvalue weighted by Crippen LogP contribution is 2.38. The standard InChI is InChI=1S/C33H35ClN4O4S/c1-23-12-14-24(15-13-23)31-30(25-16-18-26(34)19-17-25)35-32-28(39)20-22-38(33(32)36-31)21-8-3-2-7-11-29(40)37-43(41,42)27-9-5-4-6-10-27/h4-6,9-10,12-19,28,39H,2-3,7-8,11,20-22H2,1H3,(H,37,40). The number of aromatic nitrogens is 2. The van der Waals surface area contributed by atoms with E-state index in [0.29, 0.717) is 41.6 Å². The molecule has 10 heteroatoms. The molecule has 1 amide bonds. The van der Waals surface area contributed by atoms with Gasteiger partial charge in [0.05, 0.1) is 16.3 Å². The molecule has 43 heavy (non-hydrogen) atoms. The van der Waals surface area contributed by atoms with Crippen LogP contribution in [0.1, 0.15) is 55.9 Å². The molecular weight excluding hydrogens is 584 g/mol. The molecule has 3 aromatic carbocycles. The lowest BCUT2D eigenvalue weighted by Gasteiger charge is -2.33. The maximum absolute atomic E-state index is 12.3. The first kappa shape index (κ1) is 30.7. The number of fused-ring (bicyclic) bond motifs is 1. The van der Waals surface area contributed by atoms with Crippen LogP contribution >= 0.6 is 11.6 Å². The minimum Gasteiger partial charge on any atom is -0.387 e. The van der Waals surface area contributed by atoms with Crippen LogP contribution in [0.15, 0.2) is 83.8 Å². The fraction of sp³-hybridized carbons (Fsp3) is 0.303. The van der Waals surface area contributed by atoms with Crippen molar-refractivity contribution in [2.75, 3.05) is 18.0 Å². The summed E-state index contributed by atoms with van der Waals surface area (Å²) < 4.78 is 26.8. The van der Waals surface area contributed by atoms with Gasteiger partial charge in [-0.3, -0.25) is 4.79 Å². The van der Waals surface area contributed by atoms with Crippen LogP contribution in [0.2, 0.25) is 5.02 Å². The normalized spacial score (nSPS) is 14.8. The number of aliphatic hydroxyl groups excluding tert-OH is 1. The van der Waals surface area contributed by atoms with Crippen LogP contribution in [0, 0.1) is 6.92 Å². The molecule has 0 spiro atoms. The molecule has 5 rings (SSSR count). The molecule has 4 aromatic rings. The largest absolute Gasteiger partial charge is 0.387 e. The number of unbranched alkanes of at least 4 members (excludes halogenated alkanes) is 3. The number of rotatable bonds is 11. The summed E-state index contributed by atoms with van der Waals surface area (Å²) in [5, 5.41) is 11.5. The highest BCUT2D eigenvalue weighted by molar-refractivity contribution is 7.90. The monoisotopic (exact) mass is 618 g/mol. The van der Waals surface area contributed by atoms with Crippen molar-refractivity contribution < 1.29 is 18.3 Å². The zero-order valence-corrected chi connectivity index (χ0v) is 25.6. The molecule has 0 saturated carbocycles. The van der Waals surface area contributed by atoms with Crippen molar-refractivity contribution in [1.29, 1.82) is 0 Å². The van der Waals surface area contributed by atoms with Crippen molar-refractivity contribution in [3.63, 3.8) is 0 Å². The van der Waals surface area contributed by atoms with Crippen LogP contribution in [0.3, 0.4) is 0 Å². The molecule has 0 fully saturated rings. The molecule has 2 N–H and O–H groups in total. The van der Waals surface area contributed by atoms with E-state index in [1.54, 1.807) is 18.2 Å². The molecule has 0 radical (unpaired) electrons. The Morgan fingerprint density at radius 3 is 2.23 bits per heavy atom. The molecule has 1 aliphatic rings. The number of aryl methyl sites for hydroxylation is 1. The Morgan fingerprint density at radius 2 is 1.53 bits per heavy atom. The maximum Gasteiger partial charge on any atom is 0.264 e. The van der Waals surface area contributed by atoms with Crippen LogP contribution in [-0.2, 0) is 14.8 Å². The average Bonchev–Trinajstić information content (AvgIpc) is 3.00. The fourth-order valence-electron chi connectivity index (χ4n) is 5.16. The molecule has 0 saturated heterocycles. The molecule has 2 heterocycles. The van der Waals surface area contributed by atoms with Gasteiger partial charge in [0, 0.05) is 35.7 Å². The van der Waals surface area contributed by atoms with E-state index < -0.39 is 22.0 Å². The maximum atomic E-state index is 12.3. The van der Waals surface area contributed by atoms with Crippen LogP contribution < -0.4 is 9.62 Å². The summed E-state index contributed by atoms with van der Waals surface area (Å²) in [6.45, 7) is 3.44. The predicted molar refractivity (Wildman–Crippen MR) is 169 cm³/mol. The summed E-state index contributed by atoms with van der Waals surface area (Å²) in [6.07, 6.45) is 3.10. The Bertz CT molecular complexity index is 1660. The highest BCUT2D eigenvalue weighted by Gasteiger charge is 2.29. The summed E-state index contributed by atoms with van der Waals surface area (Å²) in [5.41, 5.74) is 4.99. The number of aliphatic hydroxyl groups is 1. The van der Waals surface area contributed by atoms with E-state index in [2.05, 4.69) is 9.62 Å². The number of nitrogens with zero attached hydrogens (tertiary/aromatic N) is 3. The Balaban J connectivity index is 1.24. The predicted octanol–water partition coefficient (Wildman–Crippen LogP) is 6.47. The highest BCUT2D eigenvalue weighted by atomic mass is 35.5. The van der Waals surface area contributed by atoms with Crippen molar-refractivity contribution in [3.8, 4) is 22.5 Å². The van der Waals surface area contributed by atoms with Gasteiger partial charge in [-0.25, -0.2) is 23.1 Å². The fourth-order valence-corrected chi connectivity index (χ4v) is 6.32. The summed E-state index contributed by atoms with van der Waals surface area (Å²) in [6, 6.07) is 23.5. The molecule has 0 bridgehead atoms. The topological polar surface area (TPSA) is 112 Å². The first-order chi connectivity index (χ1) is 20.7. The second kappa shape index (κ2) is 13.7. The van der Waals surface area contributed by atoms with E-state index in [-0.39, 0.29) is 11.3 Å². The van der Waals surface area contributed by atoms with E-state index in [1.165, 1.54) is 12.1 Å². The molecular formula is C33H35ClN4O4S. The van der Waals surface area contributed by atoms with Crippen molar-refractivity contribution in [3.05, 3.63) is 95.1 Å². The van der Waals surface area contributed by atoms with Crippen molar-refractivity contribution in [2.24, 2.45) is 0 Å². The van der Waals surface area contributed by atoms with Crippen molar-refractivity contribution in [1.82, 2.24) is 14.7 Å². The molecule has 1 unspecified atom stereocenters. The number of anilines is 1. The molecule has 1 aliphatic heterocycles. The van der Waals surface area contributed by atoms with Gasteiger partial charge in [-0.05, 0) is 50.5 Å². The number of carbonyl (C=O) groups is 1. The van der Waals surface area contributed by atoms with Gasteiger partial charge in [0.2, 0.25) is 5.91 Å². The number of hydrogen-bond donors (Lipinski definition) is 2. The first-order valence-electron chi connectivity index (χ1n) is 14.5. The number of nitrogens with one attached hydrogen (secondary N) is 1. The Labute approximate surface area is 257 Å². The quantitative estimate of drug-likeness (QED) is 0.185. The van der Waals surface area contributed by atoms with Crippen LogP contribution in [0.5, 0.6) is 0 Å². The van der Waals surface area contributed by atoms with E-state index in [9.17, 15) is 18.3 Å². The summed E-state index contributed by atoms with van der Waals surface area (Å²) in [5.74, 6) is 0.190. The van der Waals surface area contributed by atoms with Gasteiger partial charge < -0.3 is 10.0 Å². The van der Waals surface area contributed by atoms with Crippen LogP contribution in [-0.4, -0.2) is 42.5 Å². The lowest BCUT2D eigenvalue weighted by molar-refractivity contribution is -0.119. The first-order valence-corrected chi connectivity index (χ1v) is 16.4. The minimum absolute atomic E-state index is 0.0733. The van der Waals surface area contributed by atoms with Gasteiger partial charge in [-0.1, -0.05) is 84.6 Å². The lowest BCUT2D eigenvalue weighted by atomic mass is 10.0. The Hall–Kier alpha value is -3.79. The number of amides is 1. The van der Waals surface area contributed by atoms with Gasteiger partial charge in [-0.2, -0.15) is 0 Å². The molecule has 0 aliphatic carbocycles. The molecule has 8 nitrogen and oxygen atoms in total. The smallest absolute Gasteiger partial charge is 0.264 e. The van der Waals surface area contributed by atoms with E-state index in [0.717, 1.165) is 48.2 Å². The SMILES string of the molecule is Cc1ccc(-c2nc3c(nc2-c2ccc(Cl)cc2)C(O)CCN3CCCCCCC(=O)NS(=O)(=O)c2ccccc2)cc1. The third-order valence-corrected chi connectivity index (χ3v) is 9.16. The number of benzene rings is 3. The van der Waals surface area contributed by atoms with E-state index >= 15 is 0 Å². The van der Waals surface area contributed by atoms with E-state index in [1.807, 2.05) is 55.5 Å². The van der Waals surface area contributed by atoms with Gasteiger partial charge in [0.15, 0.2) is 5.82 Å². The molecule has 224 valence electrons. The number of carbonyl (C=O) groups excluding carboxylic acids is 1. The zero-order chi connectivity index (χ0) is 30.4. The van der Waals surface area contributed by atoms with Gasteiger partial charge in [0.25, 0.3) is 10.0 Å². The average molecular weight is 619 g/mol. The molecule has 1 atom stereocenters. The van der Waals surface area contributed by atoms with Crippen molar-refractivity contribution in [2.45, 2.75) is 56.4 Å². The van der Waals surface area contributed by atoms with Gasteiger partial charge in [-0.15, -0.1) is 0 Å². The molecule has 1 aromatic heterocycles. The summed E-state index contributed by atoms with van der Waals surface area (Å²) >= 11 is 6.15. The second-order valence-electron chi connectivity index (χ2n) is 10.8. The lowest BCUT2D eigenvalue weighted by Crippen LogP contribution is -2.34. The third kappa shape index (κ3) is 7.60. The Morgan fingerprint density at radius 1 is 0.907 bits per heavy atom. The van der Waals surface area contributed by atoms with E-state index in [4.69, 9.17) is 21.6 Å². The summed E-state index contributed by atoms with van der Waals surface area (Å²) in [7, 11) is -3.85.